The summed E-state index contributed by atoms with van der Waals surface area (Å²) in [6.45, 7) is 2.46. The molecule has 0 aliphatic carbocycles. The number of nitrogens with zero attached hydrogens (tertiary/aromatic N) is 1. The Balaban J connectivity index is 1.67. The molecule has 21 heavy (non-hydrogen) atoms. The summed E-state index contributed by atoms with van der Waals surface area (Å²) in [7, 11) is 0. The molecule has 0 amide bonds. The number of furan rings is 1. The maximum Gasteiger partial charge on any atom is 0.154 e. The van der Waals surface area contributed by atoms with Crippen LogP contribution in [0.5, 0.6) is 0 Å². The van der Waals surface area contributed by atoms with Gasteiger partial charge in [-0.25, -0.2) is 4.98 Å². The van der Waals surface area contributed by atoms with Crippen LogP contribution in [0, 0.1) is 0 Å². The fourth-order valence-corrected chi connectivity index (χ4v) is 3.65. The number of halogens is 1. The SMILES string of the molecule is Brc1ccc2oc(-c3csc(C4CNCCO4)n3)cc2c1. The Bertz CT molecular complexity index is 777. The number of aromatic nitrogens is 1. The number of rotatable bonds is 2. The Morgan fingerprint density at radius 3 is 3.14 bits per heavy atom. The van der Waals surface area contributed by atoms with E-state index < -0.39 is 0 Å². The number of ether oxygens (including phenoxy) is 1. The molecular weight excluding hydrogens is 352 g/mol. The first-order valence-corrected chi connectivity index (χ1v) is 8.44. The van der Waals surface area contributed by atoms with Crippen molar-refractivity contribution in [3.05, 3.63) is 39.1 Å². The highest BCUT2D eigenvalue weighted by Crippen LogP contribution is 2.32. The van der Waals surface area contributed by atoms with Gasteiger partial charge in [0, 0.05) is 28.3 Å². The fourth-order valence-electron chi connectivity index (χ4n) is 2.41. The summed E-state index contributed by atoms with van der Waals surface area (Å²) in [5, 5.41) is 7.42. The quantitative estimate of drug-likeness (QED) is 0.746. The molecule has 1 fully saturated rings. The first kappa shape index (κ1) is 13.5. The maximum absolute atomic E-state index is 5.88. The van der Waals surface area contributed by atoms with Crippen molar-refractivity contribution in [2.45, 2.75) is 6.10 Å². The van der Waals surface area contributed by atoms with Crippen LogP contribution in [-0.4, -0.2) is 24.7 Å². The normalized spacial score (nSPS) is 19.2. The van der Waals surface area contributed by atoms with Crippen molar-refractivity contribution in [3.8, 4) is 11.5 Å². The number of hydrogen-bond acceptors (Lipinski definition) is 5. The highest BCUT2D eigenvalue weighted by atomic mass is 79.9. The van der Waals surface area contributed by atoms with E-state index in [9.17, 15) is 0 Å². The zero-order chi connectivity index (χ0) is 14.2. The third-order valence-electron chi connectivity index (χ3n) is 3.46. The van der Waals surface area contributed by atoms with Gasteiger partial charge in [0.25, 0.3) is 0 Å². The molecule has 1 N–H and O–H groups in total. The Labute approximate surface area is 134 Å². The van der Waals surface area contributed by atoms with Crippen LogP contribution in [0.4, 0.5) is 0 Å². The smallest absolute Gasteiger partial charge is 0.154 e. The highest BCUT2D eigenvalue weighted by Gasteiger charge is 2.20. The summed E-state index contributed by atoms with van der Waals surface area (Å²) in [5.41, 5.74) is 1.75. The molecule has 1 aromatic carbocycles. The molecule has 4 rings (SSSR count). The summed E-state index contributed by atoms with van der Waals surface area (Å²) >= 11 is 5.09. The lowest BCUT2D eigenvalue weighted by Crippen LogP contribution is -2.33. The molecule has 1 aliphatic rings. The standard InChI is InChI=1S/C15H13BrN2O2S/c16-10-1-2-12-9(5-10)6-13(20-12)11-8-21-15(18-11)14-7-17-3-4-19-14/h1-2,5-6,8,14,17H,3-4,7H2. The van der Waals surface area contributed by atoms with E-state index in [-0.39, 0.29) is 6.10 Å². The molecule has 3 aromatic rings. The predicted molar refractivity (Wildman–Crippen MR) is 86.6 cm³/mol. The minimum atomic E-state index is 0.0519. The highest BCUT2D eigenvalue weighted by molar-refractivity contribution is 9.10. The van der Waals surface area contributed by atoms with E-state index in [0.29, 0.717) is 0 Å². The van der Waals surface area contributed by atoms with Crippen LogP contribution in [0.1, 0.15) is 11.1 Å². The largest absolute Gasteiger partial charge is 0.454 e. The topological polar surface area (TPSA) is 47.3 Å². The molecule has 108 valence electrons. The fraction of sp³-hybridized carbons (Fsp3) is 0.267. The molecule has 0 radical (unpaired) electrons. The number of thiazole rings is 1. The molecule has 0 spiro atoms. The van der Waals surface area contributed by atoms with Crippen molar-refractivity contribution in [1.82, 2.24) is 10.3 Å². The van der Waals surface area contributed by atoms with E-state index in [1.165, 1.54) is 0 Å². The maximum atomic E-state index is 5.88. The monoisotopic (exact) mass is 364 g/mol. The number of hydrogen-bond donors (Lipinski definition) is 1. The van der Waals surface area contributed by atoms with Gasteiger partial charge in [-0.15, -0.1) is 11.3 Å². The van der Waals surface area contributed by atoms with Gasteiger partial charge in [0.2, 0.25) is 0 Å². The second kappa shape index (κ2) is 5.53. The first-order chi connectivity index (χ1) is 10.3. The minimum absolute atomic E-state index is 0.0519. The molecule has 6 heteroatoms. The Morgan fingerprint density at radius 2 is 2.29 bits per heavy atom. The van der Waals surface area contributed by atoms with Crippen LogP contribution in [-0.2, 0) is 4.74 Å². The van der Waals surface area contributed by atoms with Gasteiger partial charge in [0.05, 0.1) is 6.61 Å². The van der Waals surface area contributed by atoms with Gasteiger partial charge >= 0.3 is 0 Å². The molecule has 3 heterocycles. The van der Waals surface area contributed by atoms with Crippen molar-refractivity contribution in [2.75, 3.05) is 19.7 Å². The van der Waals surface area contributed by atoms with Gasteiger partial charge in [-0.1, -0.05) is 15.9 Å². The molecule has 1 aliphatic heterocycles. The molecule has 2 aromatic heterocycles. The minimum Gasteiger partial charge on any atom is -0.454 e. The zero-order valence-corrected chi connectivity index (χ0v) is 13.5. The van der Waals surface area contributed by atoms with E-state index in [4.69, 9.17) is 9.15 Å². The number of fused-ring (bicyclic) bond motifs is 1. The van der Waals surface area contributed by atoms with Gasteiger partial charge < -0.3 is 14.5 Å². The average molecular weight is 365 g/mol. The molecular formula is C15H13BrN2O2S. The lowest BCUT2D eigenvalue weighted by molar-refractivity contribution is 0.0276. The summed E-state index contributed by atoms with van der Waals surface area (Å²) in [6, 6.07) is 8.01. The molecule has 1 saturated heterocycles. The Hall–Kier alpha value is -1.21. The summed E-state index contributed by atoms with van der Waals surface area (Å²) in [4.78, 5) is 4.67. The Kier molecular flexibility index (Phi) is 3.54. The number of morpholine rings is 1. The van der Waals surface area contributed by atoms with E-state index in [2.05, 4.69) is 26.2 Å². The van der Waals surface area contributed by atoms with Crippen molar-refractivity contribution in [1.29, 1.82) is 0 Å². The number of nitrogens with one attached hydrogen (secondary N) is 1. The first-order valence-electron chi connectivity index (χ1n) is 6.77. The third kappa shape index (κ3) is 2.64. The lowest BCUT2D eigenvalue weighted by atomic mass is 10.2. The van der Waals surface area contributed by atoms with Gasteiger partial charge in [0.15, 0.2) is 5.76 Å². The second-order valence-electron chi connectivity index (χ2n) is 4.93. The van der Waals surface area contributed by atoms with E-state index in [1.807, 2.05) is 29.6 Å². The molecule has 1 unspecified atom stereocenters. The van der Waals surface area contributed by atoms with Crippen LogP contribution in [0.15, 0.2) is 38.5 Å². The molecule has 1 atom stereocenters. The van der Waals surface area contributed by atoms with Crippen LogP contribution in [0.25, 0.3) is 22.4 Å². The summed E-state index contributed by atoms with van der Waals surface area (Å²) < 4.78 is 12.7. The Morgan fingerprint density at radius 1 is 1.33 bits per heavy atom. The number of benzene rings is 1. The predicted octanol–water partition coefficient (Wildman–Crippen LogP) is 3.98. The van der Waals surface area contributed by atoms with Crippen molar-refractivity contribution in [3.63, 3.8) is 0 Å². The van der Waals surface area contributed by atoms with E-state index in [0.717, 1.165) is 51.6 Å². The van der Waals surface area contributed by atoms with Crippen LogP contribution < -0.4 is 5.32 Å². The van der Waals surface area contributed by atoms with Crippen LogP contribution in [0.2, 0.25) is 0 Å². The van der Waals surface area contributed by atoms with E-state index >= 15 is 0 Å². The summed E-state index contributed by atoms with van der Waals surface area (Å²) in [5.74, 6) is 0.800. The van der Waals surface area contributed by atoms with Gasteiger partial charge in [-0.2, -0.15) is 0 Å². The van der Waals surface area contributed by atoms with Crippen LogP contribution in [0.3, 0.4) is 0 Å². The van der Waals surface area contributed by atoms with Crippen LogP contribution >= 0.6 is 27.3 Å². The van der Waals surface area contributed by atoms with Gasteiger partial charge in [0.1, 0.15) is 22.4 Å². The van der Waals surface area contributed by atoms with Crippen molar-refractivity contribution < 1.29 is 9.15 Å². The molecule has 0 saturated carbocycles. The van der Waals surface area contributed by atoms with Gasteiger partial charge in [-0.05, 0) is 24.3 Å². The molecule has 0 bridgehead atoms. The van der Waals surface area contributed by atoms with Gasteiger partial charge in [-0.3, -0.25) is 0 Å². The third-order valence-corrected chi connectivity index (χ3v) is 4.89. The zero-order valence-electron chi connectivity index (χ0n) is 11.1. The average Bonchev–Trinajstić information content (AvgIpc) is 3.14. The summed E-state index contributed by atoms with van der Waals surface area (Å²) in [6.07, 6.45) is 0.0519. The lowest BCUT2D eigenvalue weighted by Gasteiger charge is -2.21. The van der Waals surface area contributed by atoms with E-state index in [1.54, 1.807) is 11.3 Å². The van der Waals surface area contributed by atoms with Crippen molar-refractivity contribution in [2.24, 2.45) is 0 Å². The second-order valence-corrected chi connectivity index (χ2v) is 6.73. The van der Waals surface area contributed by atoms with Crippen molar-refractivity contribution >= 4 is 38.2 Å². The molecule has 4 nitrogen and oxygen atoms in total.